The Kier molecular flexibility index (Phi) is 4.55. The minimum Gasteiger partial charge on any atom is -0.389 e. The number of hydrogen-bond donors (Lipinski definition) is 2. The third-order valence-corrected chi connectivity index (χ3v) is 5.13. The zero-order valence-corrected chi connectivity index (χ0v) is 12.6. The first kappa shape index (κ1) is 15.8. The van der Waals surface area contributed by atoms with Gasteiger partial charge in [-0.25, -0.2) is 12.8 Å². The van der Waals surface area contributed by atoms with E-state index in [1.165, 1.54) is 0 Å². The van der Waals surface area contributed by atoms with Crippen molar-refractivity contribution in [2.45, 2.75) is 11.3 Å². The molecule has 0 aliphatic carbocycles. The molecule has 9 heteroatoms. The van der Waals surface area contributed by atoms with Gasteiger partial charge in [0, 0.05) is 18.7 Å². The van der Waals surface area contributed by atoms with Crippen molar-refractivity contribution < 1.29 is 17.6 Å². The molecule has 0 unspecified atom stereocenters. The van der Waals surface area contributed by atoms with Crippen LogP contribution in [0.4, 0.5) is 4.39 Å². The van der Waals surface area contributed by atoms with Crippen LogP contribution in [0.3, 0.4) is 0 Å². The highest BCUT2D eigenvalue weighted by molar-refractivity contribution is 7.89. The molecule has 0 aromatic heterocycles. The summed E-state index contributed by atoms with van der Waals surface area (Å²) in [6, 6.07) is 3.23. The Morgan fingerprint density at radius 1 is 1.43 bits per heavy atom. The maximum atomic E-state index is 13.5. The largest absolute Gasteiger partial charge is 0.389 e. The quantitative estimate of drug-likeness (QED) is 0.759. The fraction of sp³-hybridized carbons (Fsp3) is 0.333. The number of carbonyl (C=O) groups excluding carboxylic acids is 1. The van der Waals surface area contributed by atoms with E-state index in [0.717, 1.165) is 22.5 Å². The first-order chi connectivity index (χ1) is 9.82. The Morgan fingerprint density at radius 3 is 2.81 bits per heavy atom. The normalized spacial score (nSPS) is 17.1. The second-order valence-corrected chi connectivity index (χ2v) is 6.93. The lowest BCUT2D eigenvalue weighted by atomic mass is 10.2. The van der Waals surface area contributed by atoms with Crippen molar-refractivity contribution in [3.8, 4) is 0 Å². The van der Waals surface area contributed by atoms with Crippen molar-refractivity contribution in [3.63, 3.8) is 0 Å². The SMILES string of the molecule is NC(=S)c1cc(S(=O)(=O)N2CCCNC(=O)C2)ccc1F. The van der Waals surface area contributed by atoms with Gasteiger partial charge in [-0.1, -0.05) is 12.2 Å². The highest BCUT2D eigenvalue weighted by Crippen LogP contribution is 2.20. The van der Waals surface area contributed by atoms with Crippen molar-refractivity contribution in [2.24, 2.45) is 5.73 Å². The van der Waals surface area contributed by atoms with Gasteiger partial charge in [0.25, 0.3) is 0 Å². The molecule has 0 saturated carbocycles. The summed E-state index contributed by atoms with van der Waals surface area (Å²) < 4.78 is 39.6. The predicted molar refractivity (Wildman–Crippen MR) is 78.7 cm³/mol. The lowest BCUT2D eigenvalue weighted by molar-refractivity contribution is -0.120. The number of halogens is 1. The standard InChI is InChI=1S/C12H14FN3O3S2/c13-10-3-2-8(6-9(10)12(14)20)21(18,19)16-5-1-4-15-11(17)7-16/h2-3,6H,1,4-5,7H2,(H2,14,20)(H,15,17). The van der Waals surface area contributed by atoms with Gasteiger partial charge in [0.1, 0.15) is 10.8 Å². The fourth-order valence-electron chi connectivity index (χ4n) is 1.99. The summed E-state index contributed by atoms with van der Waals surface area (Å²) in [5.41, 5.74) is 5.24. The van der Waals surface area contributed by atoms with Crippen LogP contribution in [0.5, 0.6) is 0 Å². The zero-order valence-electron chi connectivity index (χ0n) is 11.0. The fourth-order valence-corrected chi connectivity index (χ4v) is 3.60. The van der Waals surface area contributed by atoms with Crippen LogP contribution in [0.15, 0.2) is 23.1 Å². The third kappa shape index (κ3) is 3.36. The maximum Gasteiger partial charge on any atom is 0.243 e. The van der Waals surface area contributed by atoms with Gasteiger partial charge in [-0.2, -0.15) is 4.31 Å². The number of carbonyl (C=O) groups is 1. The summed E-state index contributed by atoms with van der Waals surface area (Å²) in [6.07, 6.45) is 0.508. The van der Waals surface area contributed by atoms with E-state index in [4.69, 9.17) is 18.0 Å². The number of rotatable bonds is 3. The Morgan fingerprint density at radius 2 is 2.14 bits per heavy atom. The molecule has 114 valence electrons. The molecule has 1 saturated heterocycles. The van der Waals surface area contributed by atoms with E-state index < -0.39 is 15.8 Å². The summed E-state index contributed by atoms with van der Waals surface area (Å²) >= 11 is 4.69. The summed E-state index contributed by atoms with van der Waals surface area (Å²) in [4.78, 5) is 11.1. The number of nitrogens with two attached hydrogens (primary N) is 1. The summed E-state index contributed by atoms with van der Waals surface area (Å²) in [6.45, 7) is 0.370. The maximum absolute atomic E-state index is 13.5. The van der Waals surface area contributed by atoms with Gasteiger partial charge >= 0.3 is 0 Å². The van der Waals surface area contributed by atoms with E-state index >= 15 is 0 Å². The van der Waals surface area contributed by atoms with Crippen molar-refractivity contribution in [2.75, 3.05) is 19.6 Å². The van der Waals surface area contributed by atoms with E-state index in [1.54, 1.807) is 0 Å². The average Bonchev–Trinajstić information content (AvgIpc) is 2.63. The molecule has 2 rings (SSSR count). The first-order valence-electron chi connectivity index (χ1n) is 6.18. The minimum absolute atomic E-state index is 0.134. The van der Waals surface area contributed by atoms with Crippen molar-refractivity contribution >= 4 is 33.1 Å². The molecular weight excluding hydrogens is 317 g/mol. The Labute approximate surface area is 127 Å². The van der Waals surface area contributed by atoms with Crippen LogP contribution in [0.1, 0.15) is 12.0 Å². The van der Waals surface area contributed by atoms with Crippen molar-refractivity contribution in [3.05, 3.63) is 29.6 Å². The number of nitrogens with one attached hydrogen (secondary N) is 1. The van der Waals surface area contributed by atoms with Gasteiger partial charge in [-0.3, -0.25) is 4.79 Å². The van der Waals surface area contributed by atoms with Crippen molar-refractivity contribution in [1.82, 2.24) is 9.62 Å². The zero-order chi connectivity index (χ0) is 15.6. The second-order valence-electron chi connectivity index (χ2n) is 4.55. The lowest BCUT2D eigenvalue weighted by Crippen LogP contribution is -2.37. The highest BCUT2D eigenvalue weighted by Gasteiger charge is 2.28. The molecule has 0 radical (unpaired) electrons. The molecule has 0 spiro atoms. The van der Waals surface area contributed by atoms with Gasteiger partial charge in [0.05, 0.1) is 11.4 Å². The molecule has 1 amide bonds. The van der Waals surface area contributed by atoms with Crippen molar-refractivity contribution in [1.29, 1.82) is 0 Å². The molecule has 1 aromatic rings. The van der Waals surface area contributed by atoms with Crippen LogP contribution in [0.2, 0.25) is 0 Å². The number of sulfonamides is 1. The summed E-state index contributed by atoms with van der Waals surface area (Å²) in [7, 11) is -3.90. The monoisotopic (exact) mass is 331 g/mol. The Balaban J connectivity index is 2.41. The Bertz CT molecular complexity index is 691. The molecule has 1 fully saturated rings. The van der Waals surface area contributed by atoms with Gasteiger partial charge in [0.15, 0.2) is 0 Å². The van der Waals surface area contributed by atoms with Crippen LogP contribution in [0.25, 0.3) is 0 Å². The van der Waals surface area contributed by atoms with Crippen LogP contribution in [-0.2, 0) is 14.8 Å². The number of hydrogen-bond acceptors (Lipinski definition) is 4. The molecule has 0 atom stereocenters. The van der Waals surface area contributed by atoms with Crippen LogP contribution < -0.4 is 11.1 Å². The van der Waals surface area contributed by atoms with Gasteiger partial charge in [-0.05, 0) is 24.6 Å². The second kappa shape index (κ2) is 6.04. The highest BCUT2D eigenvalue weighted by atomic mass is 32.2. The molecule has 3 N–H and O–H groups in total. The topological polar surface area (TPSA) is 92.5 Å². The predicted octanol–water partition coefficient (Wildman–Crippen LogP) is -0.0295. The van der Waals surface area contributed by atoms with E-state index in [-0.39, 0.29) is 34.4 Å². The van der Waals surface area contributed by atoms with Gasteiger partial charge in [-0.15, -0.1) is 0 Å². The molecule has 1 aliphatic heterocycles. The van der Waals surface area contributed by atoms with E-state index in [2.05, 4.69) is 5.32 Å². The molecule has 0 bridgehead atoms. The van der Waals surface area contributed by atoms with Crippen LogP contribution >= 0.6 is 12.2 Å². The molecule has 6 nitrogen and oxygen atoms in total. The third-order valence-electron chi connectivity index (χ3n) is 3.07. The average molecular weight is 331 g/mol. The van der Waals surface area contributed by atoms with Gasteiger partial charge < -0.3 is 11.1 Å². The number of benzene rings is 1. The van der Waals surface area contributed by atoms with E-state index in [0.29, 0.717) is 13.0 Å². The summed E-state index contributed by atoms with van der Waals surface area (Å²) in [5.74, 6) is -1.05. The number of nitrogens with zero attached hydrogens (tertiary/aromatic N) is 1. The summed E-state index contributed by atoms with van der Waals surface area (Å²) in [5, 5.41) is 2.59. The molecule has 1 aromatic carbocycles. The van der Waals surface area contributed by atoms with Crippen LogP contribution in [-0.4, -0.2) is 43.3 Å². The lowest BCUT2D eigenvalue weighted by Gasteiger charge is -2.19. The van der Waals surface area contributed by atoms with E-state index in [1.807, 2.05) is 0 Å². The molecular formula is C12H14FN3O3S2. The first-order valence-corrected chi connectivity index (χ1v) is 8.03. The number of thiocarbonyl (C=S) groups is 1. The molecule has 1 aliphatic rings. The smallest absolute Gasteiger partial charge is 0.243 e. The Hall–Kier alpha value is -1.58. The van der Waals surface area contributed by atoms with Gasteiger partial charge in [0.2, 0.25) is 15.9 Å². The van der Waals surface area contributed by atoms with E-state index in [9.17, 15) is 17.6 Å². The molecule has 21 heavy (non-hydrogen) atoms. The molecule has 1 heterocycles. The van der Waals surface area contributed by atoms with Crippen LogP contribution in [0, 0.1) is 5.82 Å². The minimum atomic E-state index is -3.90. The number of amides is 1.